The molecule has 0 aliphatic rings. The van der Waals surface area contributed by atoms with Crippen molar-refractivity contribution in [2.24, 2.45) is 5.73 Å². The molecule has 4 rings (SSSR count). The van der Waals surface area contributed by atoms with E-state index >= 15 is 4.39 Å². The number of amides is 1. The van der Waals surface area contributed by atoms with E-state index in [1.807, 2.05) is 0 Å². The molecule has 4 aromatic rings. The Labute approximate surface area is 248 Å². The first-order chi connectivity index (χ1) is 20.4. The number of aromatic hydroxyl groups is 1. The van der Waals surface area contributed by atoms with E-state index < -0.39 is 48.8 Å². The Morgan fingerprint density at radius 1 is 1.05 bits per heavy atom. The van der Waals surface area contributed by atoms with Gasteiger partial charge in [-0.25, -0.2) is 12.8 Å². The van der Waals surface area contributed by atoms with Crippen LogP contribution in [0.4, 0.5) is 4.39 Å². The summed E-state index contributed by atoms with van der Waals surface area (Å²) in [5, 5.41) is 10.8. The number of rotatable bonds is 12. The van der Waals surface area contributed by atoms with Crippen molar-refractivity contribution in [1.29, 1.82) is 0 Å². The first-order valence-electron chi connectivity index (χ1n) is 13.4. The van der Waals surface area contributed by atoms with Gasteiger partial charge in [-0.3, -0.25) is 14.2 Å². The van der Waals surface area contributed by atoms with Crippen molar-refractivity contribution in [1.82, 2.24) is 9.55 Å². The zero-order valence-electron chi connectivity index (χ0n) is 23.9. The molecule has 0 unspecified atom stereocenters. The molecule has 0 fully saturated rings. The number of ether oxygens (including phenoxy) is 2. The van der Waals surface area contributed by atoms with Crippen LogP contribution in [0.15, 0.2) is 87.4 Å². The molecule has 1 aromatic heterocycles. The summed E-state index contributed by atoms with van der Waals surface area (Å²) < 4.78 is 55.3. The van der Waals surface area contributed by atoms with Gasteiger partial charge in [-0.15, -0.1) is 0 Å². The van der Waals surface area contributed by atoms with Gasteiger partial charge in [-0.1, -0.05) is 60.7 Å². The molecule has 0 spiro atoms. The maximum atomic E-state index is 15.5. The fourth-order valence-electron chi connectivity index (χ4n) is 4.73. The van der Waals surface area contributed by atoms with Crippen LogP contribution in [0.3, 0.4) is 0 Å². The zero-order chi connectivity index (χ0) is 31.3. The van der Waals surface area contributed by atoms with E-state index in [0.29, 0.717) is 16.7 Å². The molecule has 1 amide bonds. The van der Waals surface area contributed by atoms with Gasteiger partial charge in [0.05, 0.1) is 30.1 Å². The topological polar surface area (TPSA) is 151 Å². The lowest BCUT2D eigenvalue weighted by Crippen LogP contribution is -2.35. The third kappa shape index (κ3) is 6.82. The molecule has 0 aliphatic carbocycles. The minimum Gasteiger partial charge on any atom is -0.492 e. The molecule has 12 heteroatoms. The maximum Gasteiger partial charge on any atom is 0.277 e. The number of primary amides is 1. The summed E-state index contributed by atoms with van der Waals surface area (Å²) >= 11 is 0. The van der Waals surface area contributed by atoms with Crippen LogP contribution in [-0.2, 0) is 37.1 Å². The largest absolute Gasteiger partial charge is 0.492 e. The van der Waals surface area contributed by atoms with Gasteiger partial charge in [0.2, 0.25) is 21.6 Å². The summed E-state index contributed by atoms with van der Waals surface area (Å²) in [4.78, 5) is 28.0. The lowest BCUT2D eigenvalue weighted by molar-refractivity contribution is -0.117. The minimum atomic E-state index is -4.79. The van der Waals surface area contributed by atoms with Crippen molar-refractivity contribution in [3.8, 4) is 17.0 Å². The molecule has 10 nitrogen and oxygen atoms in total. The van der Waals surface area contributed by atoms with Crippen LogP contribution in [0.25, 0.3) is 11.1 Å². The Hall–Kier alpha value is -4.39. The Morgan fingerprint density at radius 2 is 1.72 bits per heavy atom. The molecule has 43 heavy (non-hydrogen) atoms. The van der Waals surface area contributed by atoms with Gasteiger partial charge in [0.25, 0.3) is 5.56 Å². The fourth-order valence-corrected chi connectivity index (χ4v) is 6.08. The summed E-state index contributed by atoms with van der Waals surface area (Å²) in [7, 11) is -3.36. The number of sulfone groups is 1. The van der Waals surface area contributed by atoms with Gasteiger partial charge in [-0.05, 0) is 42.7 Å². The summed E-state index contributed by atoms with van der Waals surface area (Å²) in [6, 6.07) is 17.6. The van der Waals surface area contributed by atoms with Gasteiger partial charge in [-0.2, -0.15) is 4.98 Å². The van der Waals surface area contributed by atoms with Crippen LogP contribution in [0.2, 0.25) is 0 Å². The third-order valence-electron chi connectivity index (χ3n) is 6.69. The predicted molar refractivity (Wildman–Crippen MR) is 157 cm³/mol. The molecule has 0 bridgehead atoms. The van der Waals surface area contributed by atoms with Gasteiger partial charge >= 0.3 is 0 Å². The number of methoxy groups -OCH3 is 1. The Bertz CT molecular complexity index is 1790. The normalized spacial score (nSPS) is 12.4. The van der Waals surface area contributed by atoms with E-state index in [1.165, 1.54) is 13.2 Å². The van der Waals surface area contributed by atoms with E-state index in [-0.39, 0.29) is 37.1 Å². The van der Waals surface area contributed by atoms with Gasteiger partial charge in [0.1, 0.15) is 18.2 Å². The second kappa shape index (κ2) is 13.3. The van der Waals surface area contributed by atoms with Crippen molar-refractivity contribution in [2.75, 3.05) is 13.7 Å². The van der Waals surface area contributed by atoms with Crippen molar-refractivity contribution in [2.45, 2.75) is 48.8 Å². The van der Waals surface area contributed by atoms with Crippen molar-refractivity contribution in [3.63, 3.8) is 0 Å². The minimum absolute atomic E-state index is 0.0198. The van der Waals surface area contributed by atoms with Crippen LogP contribution in [0.5, 0.6) is 5.88 Å². The molecular formula is C31H32FN3O7S. The van der Waals surface area contributed by atoms with Gasteiger partial charge in [0, 0.05) is 12.7 Å². The van der Waals surface area contributed by atoms with Crippen molar-refractivity contribution in [3.05, 3.63) is 106 Å². The Balaban J connectivity index is 1.89. The van der Waals surface area contributed by atoms with Gasteiger partial charge in [0.15, 0.2) is 4.90 Å². The standard InChI is InChI=1S/C31H32FN3O7S/c1-19(2)42-18-28-34-30(37)29(31(38)35(28)26(17-41-3)20-9-5-4-6-10-20)43(39,40)22-13-14-24(25(32)16-22)23-12-8-7-11-21(23)15-27(33)36/h4-14,16,19,26,37H,15,17-18H2,1-3H3,(H2,33,36)/t26-/m0/s1. The lowest BCUT2D eigenvalue weighted by atomic mass is 9.97. The second-order valence-electron chi connectivity index (χ2n) is 10.0. The predicted octanol–water partition coefficient (Wildman–Crippen LogP) is 3.78. The Morgan fingerprint density at radius 3 is 2.35 bits per heavy atom. The molecule has 0 saturated heterocycles. The first kappa shape index (κ1) is 31.5. The van der Waals surface area contributed by atoms with E-state index in [4.69, 9.17) is 15.2 Å². The highest BCUT2D eigenvalue weighted by molar-refractivity contribution is 7.91. The quantitative estimate of drug-likeness (QED) is 0.246. The van der Waals surface area contributed by atoms with E-state index in [1.54, 1.807) is 68.4 Å². The SMILES string of the molecule is COC[C@@H](c1ccccc1)n1c(COC(C)C)nc(O)c(S(=O)(=O)c2ccc(-c3ccccc3CC(N)=O)c(F)c2)c1=O. The molecular weight excluding hydrogens is 577 g/mol. The number of nitrogens with zero attached hydrogens (tertiary/aromatic N) is 2. The number of halogens is 1. The molecule has 226 valence electrons. The zero-order valence-corrected chi connectivity index (χ0v) is 24.7. The number of hydrogen-bond acceptors (Lipinski definition) is 8. The summed E-state index contributed by atoms with van der Waals surface area (Å²) in [5.74, 6) is -2.59. The number of benzene rings is 3. The monoisotopic (exact) mass is 609 g/mol. The summed E-state index contributed by atoms with van der Waals surface area (Å²) in [6.45, 7) is 3.31. The summed E-state index contributed by atoms with van der Waals surface area (Å²) in [6.07, 6.45) is -0.408. The molecule has 3 aromatic carbocycles. The number of nitrogens with two attached hydrogens (primary N) is 1. The number of carbonyl (C=O) groups excluding carboxylic acids is 1. The second-order valence-corrected chi connectivity index (χ2v) is 11.9. The Kier molecular flexibility index (Phi) is 9.74. The van der Waals surface area contributed by atoms with Crippen LogP contribution in [0, 0.1) is 5.82 Å². The van der Waals surface area contributed by atoms with Gasteiger partial charge < -0.3 is 20.3 Å². The van der Waals surface area contributed by atoms with Crippen LogP contribution in [0.1, 0.15) is 36.8 Å². The van der Waals surface area contributed by atoms with E-state index in [2.05, 4.69) is 4.98 Å². The highest BCUT2D eigenvalue weighted by Gasteiger charge is 2.33. The molecule has 0 saturated carbocycles. The number of hydrogen-bond donors (Lipinski definition) is 2. The van der Waals surface area contributed by atoms with Crippen LogP contribution < -0.4 is 11.3 Å². The first-order valence-corrected chi connectivity index (χ1v) is 14.8. The number of carbonyl (C=O) groups is 1. The molecule has 0 aliphatic heterocycles. The molecule has 0 radical (unpaired) electrons. The summed E-state index contributed by atoms with van der Waals surface area (Å²) in [5.41, 5.74) is 5.72. The average molecular weight is 610 g/mol. The molecule has 3 N–H and O–H groups in total. The van der Waals surface area contributed by atoms with E-state index in [0.717, 1.165) is 16.7 Å². The van der Waals surface area contributed by atoms with E-state index in [9.17, 15) is 23.1 Å². The van der Waals surface area contributed by atoms with Crippen molar-refractivity contribution >= 4 is 15.7 Å². The van der Waals surface area contributed by atoms with Crippen LogP contribution in [-0.4, -0.2) is 48.8 Å². The number of aromatic nitrogens is 2. The fraction of sp³-hybridized carbons (Fsp3) is 0.258. The third-order valence-corrected chi connectivity index (χ3v) is 8.46. The highest BCUT2D eigenvalue weighted by atomic mass is 32.2. The van der Waals surface area contributed by atoms with Crippen molar-refractivity contribution < 1.29 is 32.2 Å². The lowest BCUT2D eigenvalue weighted by Gasteiger charge is -2.24. The highest BCUT2D eigenvalue weighted by Crippen LogP contribution is 2.32. The molecule has 1 heterocycles. The molecule has 1 atom stereocenters. The average Bonchev–Trinajstić information content (AvgIpc) is 2.95. The van der Waals surface area contributed by atoms with Crippen LogP contribution >= 0.6 is 0 Å². The maximum absolute atomic E-state index is 15.5. The smallest absolute Gasteiger partial charge is 0.277 e.